The lowest BCUT2D eigenvalue weighted by Crippen LogP contribution is -2.39. The zero-order valence-electron chi connectivity index (χ0n) is 12.2. The molecule has 1 aliphatic heterocycles. The molecule has 1 N–H and O–H groups in total. The molecule has 1 aliphatic rings. The van der Waals surface area contributed by atoms with E-state index >= 15 is 0 Å². The number of hydrogen-bond donors (Lipinski definition) is 1. The summed E-state index contributed by atoms with van der Waals surface area (Å²) in [7, 11) is -1.75. The van der Waals surface area contributed by atoms with Crippen molar-refractivity contribution in [2.45, 2.75) is 30.7 Å². The average molecular weight is 309 g/mol. The zero-order chi connectivity index (χ0) is 15.0. The summed E-state index contributed by atoms with van der Waals surface area (Å²) < 4.78 is 28.4. The predicted octanol–water partition coefficient (Wildman–Crippen LogP) is 1.02. The van der Waals surface area contributed by atoms with Crippen LogP contribution in [0.25, 0.3) is 0 Å². The van der Waals surface area contributed by atoms with Gasteiger partial charge in [-0.2, -0.15) is 9.40 Å². The fourth-order valence-electron chi connectivity index (χ4n) is 2.82. The highest BCUT2D eigenvalue weighted by molar-refractivity contribution is 7.89. The first kappa shape index (κ1) is 14.3. The number of piperidine rings is 1. The van der Waals surface area contributed by atoms with Crippen LogP contribution in [0.15, 0.2) is 23.7 Å². The van der Waals surface area contributed by atoms with Crippen molar-refractivity contribution in [1.82, 2.24) is 24.1 Å². The van der Waals surface area contributed by atoms with E-state index in [1.807, 2.05) is 6.92 Å². The maximum absolute atomic E-state index is 12.6. The number of nitrogens with one attached hydrogen (secondary N) is 1. The van der Waals surface area contributed by atoms with Gasteiger partial charge in [-0.15, -0.1) is 0 Å². The number of aromatic nitrogens is 4. The summed E-state index contributed by atoms with van der Waals surface area (Å²) in [6.07, 6.45) is 6.64. The van der Waals surface area contributed by atoms with Gasteiger partial charge in [0.2, 0.25) is 0 Å². The van der Waals surface area contributed by atoms with Gasteiger partial charge in [0.15, 0.2) is 5.03 Å². The number of sulfonamides is 1. The number of H-pyrrole nitrogens is 1. The molecule has 0 radical (unpaired) electrons. The Labute approximate surface area is 124 Å². The number of aryl methyl sites for hydroxylation is 2. The number of nitrogens with zero attached hydrogens (tertiary/aromatic N) is 4. The van der Waals surface area contributed by atoms with E-state index in [2.05, 4.69) is 15.2 Å². The van der Waals surface area contributed by atoms with Crippen molar-refractivity contribution in [2.24, 2.45) is 7.05 Å². The molecule has 2 aromatic rings. The molecule has 3 heterocycles. The largest absolute Gasteiger partial charge is 0.339 e. The van der Waals surface area contributed by atoms with Crippen molar-refractivity contribution in [3.63, 3.8) is 0 Å². The van der Waals surface area contributed by atoms with Gasteiger partial charge >= 0.3 is 0 Å². The Morgan fingerprint density at radius 2 is 2.24 bits per heavy atom. The van der Waals surface area contributed by atoms with Crippen LogP contribution in [0.4, 0.5) is 0 Å². The van der Waals surface area contributed by atoms with Gasteiger partial charge in [0.1, 0.15) is 0 Å². The smallest absolute Gasteiger partial charge is 0.262 e. The lowest BCUT2D eigenvalue weighted by molar-refractivity contribution is 0.311. The molecule has 1 fully saturated rings. The summed E-state index contributed by atoms with van der Waals surface area (Å²) in [5.41, 5.74) is 2.12. The standard InChI is InChI=1S/C13H19N5O2S/c1-10-6-15-16-13(10)11-4-3-5-18(7-11)21(19,20)12-8-17(2)9-14-12/h6,8-9,11H,3-5,7H2,1-2H3,(H,15,16). The molecule has 0 aromatic carbocycles. The van der Waals surface area contributed by atoms with Crippen molar-refractivity contribution in [2.75, 3.05) is 13.1 Å². The summed E-state index contributed by atoms with van der Waals surface area (Å²) in [6, 6.07) is 0. The number of hydrogen-bond acceptors (Lipinski definition) is 4. The molecule has 1 atom stereocenters. The van der Waals surface area contributed by atoms with Crippen LogP contribution in [0.3, 0.4) is 0 Å². The normalized spacial score (nSPS) is 20.8. The van der Waals surface area contributed by atoms with E-state index in [1.165, 1.54) is 10.6 Å². The number of imidazole rings is 1. The van der Waals surface area contributed by atoms with Gasteiger partial charge < -0.3 is 4.57 Å². The minimum atomic E-state index is -3.51. The Kier molecular flexibility index (Phi) is 3.58. The van der Waals surface area contributed by atoms with Gasteiger partial charge in [-0.3, -0.25) is 5.10 Å². The van der Waals surface area contributed by atoms with Crippen LogP contribution in [0.1, 0.15) is 30.0 Å². The molecule has 1 unspecified atom stereocenters. The first-order chi connectivity index (χ1) is 9.98. The minimum absolute atomic E-state index is 0.118. The van der Waals surface area contributed by atoms with E-state index in [-0.39, 0.29) is 10.9 Å². The molecule has 0 spiro atoms. The van der Waals surface area contributed by atoms with Crippen LogP contribution in [0, 0.1) is 6.92 Å². The molecule has 21 heavy (non-hydrogen) atoms. The molecular weight excluding hydrogens is 290 g/mol. The summed E-state index contributed by atoms with van der Waals surface area (Å²) in [5, 5.41) is 7.15. The number of aromatic amines is 1. The lowest BCUT2D eigenvalue weighted by Gasteiger charge is -2.31. The topological polar surface area (TPSA) is 83.9 Å². The molecule has 7 nitrogen and oxygen atoms in total. The van der Waals surface area contributed by atoms with Gasteiger partial charge in [0, 0.05) is 37.9 Å². The van der Waals surface area contributed by atoms with Crippen LogP contribution in [-0.4, -0.2) is 45.6 Å². The SMILES string of the molecule is Cc1cn[nH]c1C1CCCN(S(=O)(=O)c2cn(C)cn2)C1. The van der Waals surface area contributed by atoms with Gasteiger partial charge in [0.25, 0.3) is 10.0 Å². The summed E-state index contributed by atoms with van der Waals surface area (Å²) >= 11 is 0. The van der Waals surface area contributed by atoms with Gasteiger partial charge in [-0.25, -0.2) is 13.4 Å². The van der Waals surface area contributed by atoms with E-state index in [9.17, 15) is 8.42 Å². The first-order valence-electron chi connectivity index (χ1n) is 6.96. The van der Waals surface area contributed by atoms with E-state index in [4.69, 9.17) is 0 Å². The average Bonchev–Trinajstić information content (AvgIpc) is 3.08. The van der Waals surface area contributed by atoms with Crippen molar-refractivity contribution >= 4 is 10.0 Å². The highest BCUT2D eigenvalue weighted by Gasteiger charge is 2.33. The van der Waals surface area contributed by atoms with Crippen LogP contribution >= 0.6 is 0 Å². The second-order valence-corrected chi connectivity index (χ2v) is 7.43. The first-order valence-corrected chi connectivity index (χ1v) is 8.40. The Bertz CT molecular complexity index is 733. The van der Waals surface area contributed by atoms with Crippen molar-refractivity contribution in [1.29, 1.82) is 0 Å². The van der Waals surface area contributed by atoms with Crippen molar-refractivity contribution in [3.8, 4) is 0 Å². The molecule has 0 aliphatic carbocycles. The molecular formula is C13H19N5O2S. The second kappa shape index (κ2) is 5.27. The van der Waals surface area contributed by atoms with Crippen molar-refractivity contribution in [3.05, 3.63) is 30.0 Å². The van der Waals surface area contributed by atoms with E-state index < -0.39 is 10.0 Å². The summed E-state index contributed by atoms with van der Waals surface area (Å²) in [6.45, 7) is 3.01. The van der Waals surface area contributed by atoms with Gasteiger partial charge in [-0.1, -0.05) is 0 Å². The Morgan fingerprint density at radius 1 is 1.43 bits per heavy atom. The van der Waals surface area contributed by atoms with E-state index in [0.29, 0.717) is 13.1 Å². The maximum Gasteiger partial charge on any atom is 0.262 e. The third-order valence-electron chi connectivity index (χ3n) is 3.95. The molecule has 1 saturated heterocycles. The number of rotatable bonds is 3. The predicted molar refractivity (Wildman–Crippen MR) is 77.3 cm³/mol. The monoisotopic (exact) mass is 309 g/mol. The van der Waals surface area contributed by atoms with Gasteiger partial charge in [0.05, 0.1) is 12.5 Å². The highest BCUT2D eigenvalue weighted by Crippen LogP contribution is 2.30. The Balaban J connectivity index is 1.85. The van der Waals surface area contributed by atoms with E-state index in [0.717, 1.165) is 24.1 Å². The van der Waals surface area contributed by atoms with Crippen LogP contribution < -0.4 is 0 Å². The fraction of sp³-hybridized carbons (Fsp3) is 0.538. The fourth-order valence-corrected chi connectivity index (χ4v) is 4.31. The third kappa shape index (κ3) is 2.60. The summed E-state index contributed by atoms with van der Waals surface area (Å²) in [5.74, 6) is 0.166. The lowest BCUT2D eigenvalue weighted by atomic mass is 9.94. The minimum Gasteiger partial charge on any atom is -0.339 e. The molecule has 3 rings (SSSR count). The molecule has 8 heteroatoms. The van der Waals surface area contributed by atoms with Gasteiger partial charge in [-0.05, 0) is 25.3 Å². The molecule has 114 valence electrons. The van der Waals surface area contributed by atoms with E-state index in [1.54, 1.807) is 24.0 Å². The molecule has 2 aromatic heterocycles. The van der Waals surface area contributed by atoms with Crippen LogP contribution in [0.5, 0.6) is 0 Å². The summed E-state index contributed by atoms with van der Waals surface area (Å²) in [4.78, 5) is 3.98. The molecule has 0 saturated carbocycles. The second-order valence-electron chi connectivity index (χ2n) is 5.55. The van der Waals surface area contributed by atoms with Crippen molar-refractivity contribution < 1.29 is 8.42 Å². The van der Waals surface area contributed by atoms with Crippen LogP contribution in [0.2, 0.25) is 0 Å². The third-order valence-corrected chi connectivity index (χ3v) is 5.70. The maximum atomic E-state index is 12.6. The molecule has 0 amide bonds. The molecule has 0 bridgehead atoms. The zero-order valence-corrected chi connectivity index (χ0v) is 13.0. The quantitative estimate of drug-likeness (QED) is 0.917. The Hall–Kier alpha value is -1.67. The Morgan fingerprint density at radius 3 is 2.86 bits per heavy atom. The van der Waals surface area contributed by atoms with Crippen LogP contribution in [-0.2, 0) is 17.1 Å². The highest BCUT2D eigenvalue weighted by atomic mass is 32.2.